The van der Waals surface area contributed by atoms with Gasteiger partial charge in [0.1, 0.15) is 0 Å². The standard InChI is InChI=1S/C20H22Cl2N2S/c21-14-1-2-15(16(22)6-14)17-7-18(24-19(25)23-17)20-8-11-3-12(9-20)5-13(4-11)10-20/h1-2,6-7,11-13,17H,3-5,8-10H2,(H2,23,24,25)/t11?,12?,13?,17-,20?/m1/s1. The first-order valence-electron chi connectivity index (χ1n) is 9.25. The maximum absolute atomic E-state index is 6.46. The average molecular weight is 393 g/mol. The van der Waals surface area contributed by atoms with Gasteiger partial charge < -0.3 is 10.6 Å². The van der Waals surface area contributed by atoms with Crippen LogP contribution in [0.3, 0.4) is 0 Å². The third-order valence-electron chi connectivity index (χ3n) is 6.78. The van der Waals surface area contributed by atoms with Gasteiger partial charge in [0, 0.05) is 21.2 Å². The van der Waals surface area contributed by atoms with Crippen LogP contribution >= 0.6 is 35.4 Å². The minimum Gasteiger partial charge on any atom is -0.352 e. The molecular formula is C20H22Cl2N2S. The number of halogens is 2. The van der Waals surface area contributed by atoms with Crippen molar-refractivity contribution >= 4 is 40.5 Å². The second kappa shape index (κ2) is 5.87. The fraction of sp³-hybridized carbons (Fsp3) is 0.550. The summed E-state index contributed by atoms with van der Waals surface area (Å²) in [5.74, 6) is 2.74. The maximum atomic E-state index is 6.46. The summed E-state index contributed by atoms with van der Waals surface area (Å²) in [4.78, 5) is 0. The predicted molar refractivity (Wildman–Crippen MR) is 107 cm³/mol. The molecule has 0 spiro atoms. The lowest BCUT2D eigenvalue weighted by Gasteiger charge is -2.58. The van der Waals surface area contributed by atoms with Gasteiger partial charge in [-0.2, -0.15) is 0 Å². The normalized spacial score (nSPS) is 39.0. The van der Waals surface area contributed by atoms with Crippen molar-refractivity contribution in [2.24, 2.45) is 23.2 Å². The van der Waals surface area contributed by atoms with Crippen molar-refractivity contribution < 1.29 is 0 Å². The van der Waals surface area contributed by atoms with Gasteiger partial charge in [-0.3, -0.25) is 0 Å². The SMILES string of the molecule is S=C1NC(C23CC4CC(CC(C4)C2)C3)=C[C@H](c2ccc(Cl)cc2Cl)N1. The minimum absolute atomic E-state index is 0.0153. The number of rotatable bonds is 2. The highest BCUT2D eigenvalue weighted by atomic mass is 35.5. The Hall–Kier alpha value is -0.770. The van der Waals surface area contributed by atoms with Gasteiger partial charge in [0.2, 0.25) is 0 Å². The summed E-state index contributed by atoms with van der Waals surface area (Å²) in [6.07, 6.45) is 10.6. The summed E-state index contributed by atoms with van der Waals surface area (Å²) in [5.41, 5.74) is 2.68. The molecule has 5 aliphatic rings. The largest absolute Gasteiger partial charge is 0.352 e. The van der Waals surface area contributed by atoms with Gasteiger partial charge >= 0.3 is 0 Å². The van der Waals surface area contributed by atoms with Crippen LogP contribution in [0.5, 0.6) is 0 Å². The molecule has 4 fully saturated rings. The van der Waals surface area contributed by atoms with Crippen LogP contribution in [0.1, 0.15) is 50.1 Å². The summed E-state index contributed by atoms with van der Waals surface area (Å²) in [7, 11) is 0. The topological polar surface area (TPSA) is 24.1 Å². The Morgan fingerprint density at radius 2 is 1.64 bits per heavy atom. The molecule has 6 rings (SSSR count). The molecule has 1 heterocycles. The highest BCUT2D eigenvalue weighted by Gasteiger charge is 2.53. The van der Waals surface area contributed by atoms with Crippen LogP contribution in [0.25, 0.3) is 0 Å². The summed E-state index contributed by atoms with van der Waals surface area (Å²) in [5, 5.41) is 8.95. The van der Waals surface area contributed by atoms with Crippen LogP contribution in [-0.2, 0) is 0 Å². The van der Waals surface area contributed by atoms with E-state index in [0.29, 0.717) is 20.6 Å². The second-order valence-corrected chi connectivity index (χ2v) is 9.77. The third kappa shape index (κ3) is 2.79. The van der Waals surface area contributed by atoms with E-state index in [4.69, 9.17) is 35.4 Å². The Balaban J connectivity index is 1.52. The molecule has 0 radical (unpaired) electrons. The van der Waals surface area contributed by atoms with E-state index in [1.54, 1.807) is 0 Å². The third-order valence-corrected chi connectivity index (χ3v) is 7.56. The first-order valence-corrected chi connectivity index (χ1v) is 10.4. The summed E-state index contributed by atoms with van der Waals surface area (Å²) in [6, 6.07) is 5.72. The molecule has 132 valence electrons. The van der Waals surface area contributed by atoms with Gasteiger partial charge in [0.15, 0.2) is 5.11 Å². The Kier molecular flexibility index (Phi) is 3.85. The Morgan fingerprint density at radius 1 is 1.00 bits per heavy atom. The maximum Gasteiger partial charge on any atom is 0.171 e. The van der Waals surface area contributed by atoms with Gasteiger partial charge in [-0.05, 0) is 92.3 Å². The molecule has 2 nitrogen and oxygen atoms in total. The van der Waals surface area contributed by atoms with Crippen LogP contribution in [-0.4, -0.2) is 5.11 Å². The molecule has 4 aliphatic carbocycles. The molecule has 1 aliphatic heterocycles. The van der Waals surface area contributed by atoms with Crippen molar-refractivity contribution in [2.75, 3.05) is 0 Å². The fourth-order valence-corrected chi connectivity index (χ4v) is 6.98. The minimum atomic E-state index is 0.0153. The van der Waals surface area contributed by atoms with E-state index in [2.05, 4.69) is 16.7 Å². The Morgan fingerprint density at radius 3 is 2.24 bits per heavy atom. The zero-order chi connectivity index (χ0) is 17.2. The molecule has 1 aromatic carbocycles. The van der Waals surface area contributed by atoms with Crippen LogP contribution in [0, 0.1) is 23.2 Å². The van der Waals surface area contributed by atoms with Crippen LogP contribution in [0.15, 0.2) is 30.0 Å². The number of thiocarbonyl (C=S) groups is 1. The van der Waals surface area contributed by atoms with Crippen LogP contribution in [0.4, 0.5) is 0 Å². The highest BCUT2D eigenvalue weighted by molar-refractivity contribution is 7.80. The first kappa shape index (κ1) is 16.4. The summed E-state index contributed by atoms with van der Waals surface area (Å²) >= 11 is 18.1. The molecule has 0 aromatic heterocycles. The quantitative estimate of drug-likeness (QED) is 0.639. The predicted octanol–water partition coefficient (Wildman–Crippen LogP) is 5.61. The van der Waals surface area contributed by atoms with E-state index in [9.17, 15) is 0 Å². The number of hydrogen-bond acceptors (Lipinski definition) is 1. The molecule has 4 bridgehead atoms. The van der Waals surface area contributed by atoms with Crippen LogP contribution in [0.2, 0.25) is 10.0 Å². The van der Waals surface area contributed by atoms with E-state index in [1.165, 1.54) is 44.2 Å². The monoisotopic (exact) mass is 392 g/mol. The Bertz CT molecular complexity index is 738. The molecular weight excluding hydrogens is 371 g/mol. The van der Waals surface area contributed by atoms with Crippen LogP contribution < -0.4 is 10.6 Å². The molecule has 0 saturated heterocycles. The van der Waals surface area contributed by atoms with E-state index in [-0.39, 0.29) is 6.04 Å². The summed E-state index contributed by atoms with van der Waals surface area (Å²) < 4.78 is 0. The molecule has 5 heteroatoms. The second-order valence-electron chi connectivity index (χ2n) is 8.52. The lowest BCUT2D eigenvalue weighted by Crippen LogP contribution is -2.53. The first-order chi connectivity index (χ1) is 12.0. The molecule has 4 saturated carbocycles. The molecule has 25 heavy (non-hydrogen) atoms. The van der Waals surface area contributed by atoms with Crippen molar-refractivity contribution in [1.29, 1.82) is 0 Å². The van der Waals surface area contributed by atoms with E-state index in [0.717, 1.165) is 23.3 Å². The van der Waals surface area contributed by atoms with E-state index in [1.807, 2.05) is 18.2 Å². The van der Waals surface area contributed by atoms with Crippen molar-refractivity contribution in [2.45, 2.75) is 44.6 Å². The number of allylic oxidation sites excluding steroid dienone is 1. The highest BCUT2D eigenvalue weighted by Crippen LogP contribution is 2.62. The summed E-state index contributed by atoms with van der Waals surface area (Å²) in [6.45, 7) is 0. The molecule has 2 N–H and O–H groups in total. The van der Waals surface area contributed by atoms with Crippen molar-refractivity contribution in [3.63, 3.8) is 0 Å². The number of benzene rings is 1. The lowest BCUT2D eigenvalue weighted by atomic mass is 9.48. The molecule has 1 aromatic rings. The van der Waals surface area contributed by atoms with Crippen molar-refractivity contribution in [3.8, 4) is 0 Å². The molecule has 1 atom stereocenters. The van der Waals surface area contributed by atoms with Gasteiger partial charge in [-0.15, -0.1) is 0 Å². The van der Waals surface area contributed by atoms with Gasteiger partial charge in [-0.25, -0.2) is 0 Å². The van der Waals surface area contributed by atoms with Crippen molar-refractivity contribution in [3.05, 3.63) is 45.6 Å². The van der Waals surface area contributed by atoms with Gasteiger partial charge in [0.05, 0.1) is 6.04 Å². The number of hydrogen-bond donors (Lipinski definition) is 2. The van der Waals surface area contributed by atoms with E-state index < -0.39 is 0 Å². The molecule has 0 amide bonds. The van der Waals surface area contributed by atoms with Gasteiger partial charge in [0.25, 0.3) is 0 Å². The van der Waals surface area contributed by atoms with Gasteiger partial charge in [-0.1, -0.05) is 29.3 Å². The molecule has 0 unspecified atom stereocenters. The smallest absolute Gasteiger partial charge is 0.171 e. The van der Waals surface area contributed by atoms with E-state index >= 15 is 0 Å². The lowest BCUT2D eigenvalue weighted by molar-refractivity contribution is -0.0331. The van der Waals surface area contributed by atoms with Crippen molar-refractivity contribution in [1.82, 2.24) is 10.6 Å². The fourth-order valence-electron chi connectivity index (χ4n) is 6.22. The Labute approximate surface area is 164 Å². The average Bonchev–Trinajstić information content (AvgIpc) is 2.53. The number of nitrogens with one attached hydrogen (secondary N) is 2. The zero-order valence-electron chi connectivity index (χ0n) is 14.0. The zero-order valence-corrected chi connectivity index (χ0v) is 16.4.